The lowest BCUT2D eigenvalue weighted by Crippen LogP contribution is -2.09. The van der Waals surface area contributed by atoms with Gasteiger partial charge in [0.05, 0.1) is 0 Å². The molecule has 0 aliphatic heterocycles. The molecule has 4 aromatic carbocycles. The van der Waals surface area contributed by atoms with E-state index in [4.69, 9.17) is 19.7 Å². The van der Waals surface area contributed by atoms with Gasteiger partial charge in [0, 0.05) is 34.9 Å². The Morgan fingerprint density at radius 1 is 0.556 bits per heavy atom. The first-order valence-electron chi connectivity index (χ1n) is 11.1. The van der Waals surface area contributed by atoms with Crippen molar-refractivity contribution in [3.8, 4) is 22.6 Å². The van der Waals surface area contributed by atoms with Crippen LogP contribution in [-0.4, -0.2) is 35.4 Å². The molecule has 0 saturated heterocycles. The fraction of sp³-hybridized carbons (Fsp3) is 0.0714. The van der Waals surface area contributed by atoms with Crippen molar-refractivity contribution in [2.75, 3.05) is 23.8 Å². The van der Waals surface area contributed by atoms with E-state index in [0.717, 1.165) is 33.9 Å². The molecule has 0 fully saturated rings. The summed E-state index contributed by atoms with van der Waals surface area (Å²) in [6, 6.07) is 30.2. The van der Waals surface area contributed by atoms with Crippen molar-refractivity contribution in [1.29, 1.82) is 0 Å². The lowest BCUT2D eigenvalue weighted by molar-refractivity contribution is -0.140. The SMILES string of the molecule is O=C(O)COc1cccc(Nc2ccc(-c3ccc(Nc4cccc(OCC(=O)O)c4)cc3)cc2)c1. The number of hydrogen-bond acceptors (Lipinski definition) is 6. The standard InChI is InChI=1S/C28H24N2O6/c31-27(32)17-35-25-5-1-3-23(15-25)29-21-11-7-19(8-12-21)20-9-13-22(14-10-20)30-24-4-2-6-26(16-24)36-18-28(33)34/h1-16,29-30H,17-18H2,(H,31,32)(H,33,34). The summed E-state index contributed by atoms with van der Waals surface area (Å²) in [6.07, 6.45) is 0. The summed E-state index contributed by atoms with van der Waals surface area (Å²) in [4.78, 5) is 21.4. The molecule has 182 valence electrons. The Morgan fingerprint density at radius 2 is 0.944 bits per heavy atom. The van der Waals surface area contributed by atoms with Crippen LogP contribution in [0.5, 0.6) is 11.5 Å². The third kappa shape index (κ3) is 7.01. The molecule has 0 aliphatic rings. The van der Waals surface area contributed by atoms with Crippen molar-refractivity contribution in [2.24, 2.45) is 0 Å². The first kappa shape index (κ1) is 24.2. The Labute approximate surface area is 207 Å². The van der Waals surface area contributed by atoms with Crippen LogP contribution in [0.3, 0.4) is 0 Å². The average molecular weight is 485 g/mol. The third-order valence-electron chi connectivity index (χ3n) is 5.07. The van der Waals surface area contributed by atoms with Crippen LogP contribution in [0.1, 0.15) is 0 Å². The smallest absolute Gasteiger partial charge is 0.341 e. The predicted octanol–water partition coefficient (Wildman–Crippen LogP) is 5.77. The second-order valence-electron chi connectivity index (χ2n) is 7.83. The van der Waals surface area contributed by atoms with Crippen LogP contribution in [0, 0.1) is 0 Å². The van der Waals surface area contributed by atoms with Crippen LogP contribution in [-0.2, 0) is 9.59 Å². The number of carboxylic acids is 2. The van der Waals surface area contributed by atoms with Gasteiger partial charge in [0.2, 0.25) is 0 Å². The zero-order chi connectivity index (χ0) is 25.3. The fourth-order valence-electron chi connectivity index (χ4n) is 3.44. The van der Waals surface area contributed by atoms with Crippen LogP contribution in [0.15, 0.2) is 97.1 Å². The van der Waals surface area contributed by atoms with E-state index in [0.29, 0.717) is 11.5 Å². The first-order chi connectivity index (χ1) is 17.4. The molecule has 8 heteroatoms. The van der Waals surface area contributed by atoms with Gasteiger partial charge in [-0.05, 0) is 59.7 Å². The number of benzene rings is 4. The summed E-state index contributed by atoms with van der Waals surface area (Å²) in [5.41, 5.74) is 5.45. The maximum atomic E-state index is 10.7. The van der Waals surface area contributed by atoms with Crippen molar-refractivity contribution in [2.45, 2.75) is 0 Å². The van der Waals surface area contributed by atoms with Crippen molar-refractivity contribution in [1.82, 2.24) is 0 Å². The van der Waals surface area contributed by atoms with Crippen molar-refractivity contribution in [3.05, 3.63) is 97.1 Å². The highest BCUT2D eigenvalue weighted by Gasteiger charge is 2.04. The average Bonchev–Trinajstić information content (AvgIpc) is 2.88. The van der Waals surface area contributed by atoms with E-state index in [1.807, 2.05) is 60.7 Å². The van der Waals surface area contributed by atoms with Gasteiger partial charge in [-0.15, -0.1) is 0 Å². The fourth-order valence-corrected chi connectivity index (χ4v) is 3.44. The highest BCUT2D eigenvalue weighted by Crippen LogP contribution is 2.27. The highest BCUT2D eigenvalue weighted by atomic mass is 16.5. The summed E-state index contributed by atoms with van der Waals surface area (Å²) in [5.74, 6) is -1.09. The number of hydrogen-bond donors (Lipinski definition) is 4. The summed E-state index contributed by atoms with van der Waals surface area (Å²) in [5, 5.41) is 24.1. The summed E-state index contributed by atoms with van der Waals surface area (Å²) < 4.78 is 10.4. The van der Waals surface area contributed by atoms with Crippen molar-refractivity contribution < 1.29 is 29.3 Å². The Kier molecular flexibility index (Phi) is 7.67. The molecular formula is C28H24N2O6. The van der Waals surface area contributed by atoms with Crippen LogP contribution < -0.4 is 20.1 Å². The van der Waals surface area contributed by atoms with Gasteiger partial charge in [0.15, 0.2) is 13.2 Å². The molecule has 0 radical (unpaired) electrons. The molecule has 0 saturated carbocycles. The van der Waals surface area contributed by atoms with Crippen LogP contribution in [0.4, 0.5) is 22.7 Å². The third-order valence-corrected chi connectivity index (χ3v) is 5.07. The normalized spacial score (nSPS) is 10.3. The minimum Gasteiger partial charge on any atom is -0.482 e. The van der Waals surface area contributed by atoms with Gasteiger partial charge < -0.3 is 30.3 Å². The first-order valence-corrected chi connectivity index (χ1v) is 11.1. The van der Waals surface area contributed by atoms with E-state index >= 15 is 0 Å². The quantitative estimate of drug-likeness (QED) is 0.212. The van der Waals surface area contributed by atoms with E-state index in [-0.39, 0.29) is 13.2 Å². The monoisotopic (exact) mass is 484 g/mol. The largest absolute Gasteiger partial charge is 0.482 e. The predicted molar refractivity (Wildman–Crippen MR) is 138 cm³/mol. The number of nitrogens with one attached hydrogen (secondary N) is 2. The molecule has 36 heavy (non-hydrogen) atoms. The van der Waals surface area contributed by atoms with E-state index in [1.165, 1.54) is 0 Å². The summed E-state index contributed by atoms with van der Waals surface area (Å²) in [6.45, 7) is -0.778. The summed E-state index contributed by atoms with van der Waals surface area (Å²) >= 11 is 0. The van der Waals surface area contributed by atoms with Crippen LogP contribution in [0.25, 0.3) is 11.1 Å². The molecule has 0 spiro atoms. The second kappa shape index (κ2) is 11.4. The van der Waals surface area contributed by atoms with E-state index in [9.17, 15) is 9.59 Å². The second-order valence-corrected chi connectivity index (χ2v) is 7.83. The number of aliphatic carboxylic acids is 2. The van der Waals surface area contributed by atoms with Gasteiger partial charge in [-0.25, -0.2) is 9.59 Å². The van der Waals surface area contributed by atoms with E-state index in [2.05, 4.69) is 10.6 Å². The van der Waals surface area contributed by atoms with E-state index < -0.39 is 11.9 Å². The molecule has 0 unspecified atom stereocenters. The van der Waals surface area contributed by atoms with Gasteiger partial charge in [-0.1, -0.05) is 36.4 Å². The Balaban J connectivity index is 1.37. The zero-order valence-corrected chi connectivity index (χ0v) is 19.2. The highest BCUT2D eigenvalue weighted by molar-refractivity contribution is 5.72. The molecule has 4 rings (SSSR count). The number of anilines is 4. The lowest BCUT2D eigenvalue weighted by atomic mass is 10.0. The Morgan fingerprint density at radius 3 is 1.31 bits per heavy atom. The number of ether oxygens (including phenoxy) is 2. The van der Waals surface area contributed by atoms with Crippen molar-refractivity contribution in [3.63, 3.8) is 0 Å². The molecule has 4 aromatic rings. The zero-order valence-electron chi connectivity index (χ0n) is 19.2. The molecule has 0 aliphatic carbocycles. The topological polar surface area (TPSA) is 117 Å². The molecule has 0 aromatic heterocycles. The number of carboxylic acid groups (broad SMARTS) is 2. The molecule has 8 nitrogen and oxygen atoms in total. The van der Waals surface area contributed by atoms with Gasteiger partial charge in [0.25, 0.3) is 0 Å². The van der Waals surface area contributed by atoms with Gasteiger partial charge in [-0.3, -0.25) is 0 Å². The molecule has 0 atom stereocenters. The summed E-state index contributed by atoms with van der Waals surface area (Å²) in [7, 11) is 0. The minimum atomic E-state index is -1.02. The van der Waals surface area contributed by atoms with Crippen LogP contribution in [0.2, 0.25) is 0 Å². The Bertz CT molecular complexity index is 1230. The van der Waals surface area contributed by atoms with Gasteiger partial charge in [-0.2, -0.15) is 0 Å². The van der Waals surface area contributed by atoms with E-state index in [1.54, 1.807) is 36.4 Å². The molecule has 0 heterocycles. The maximum Gasteiger partial charge on any atom is 0.341 e. The number of carbonyl (C=O) groups is 2. The Hall–Kier alpha value is -4.98. The lowest BCUT2D eigenvalue weighted by Gasteiger charge is -2.11. The minimum absolute atomic E-state index is 0.389. The van der Waals surface area contributed by atoms with Crippen LogP contribution >= 0.6 is 0 Å². The van der Waals surface area contributed by atoms with Gasteiger partial charge >= 0.3 is 11.9 Å². The molecule has 0 amide bonds. The maximum absolute atomic E-state index is 10.7. The molecule has 0 bridgehead atoms. The van der Waals surface area contributed by atoms with Gasteiger partial charge in [0.1, 0.15) is 11.5 Å². The number of rotatable bonds is 11. The molecular weight excluding hydrogens is 460 g/mol. The molecule has 4 N–H and O–H groups in total. The van der Waals surface area contributed by atoms with Crippen molar-refractivity contribution >= 4 is 34.7 Å².